The minimum Gasteiger partial charge on any atom is -0.491 e. The van der Waals surface area contributed by atoms with Crippen molar-refractivity contribution in [1.29, 1.82) is 0 Å². The van der Waals surface area contributed by atoms with Gasteiger partial charge in [0.2, 0.25) is 0 Å². The van der Waals surface area contributed by atoms with Gasteiger partial charge >= 0.3 is 12.0 Å². The third-order valence-corrected chi connectivity index (χ3v) is 4.59. The first-order valence-corrected chi connectivity index (χ1v) is 9.11. The number of carbonyl (C=O) groups is 3. The van der Waals surface area contributed by atoms with Crippen LogP contribution in [0.5, 0.6) is 5.75 Å². The zero-order chi connectivity index (χ0) is 21.0. The topological polar surface area (TPSA) is 96.4 Å². The van der Waals surface area contributed by atoms with Crippen LogP contribution >= 0.6 is 0 Å². The first kappa shape index (κ1) is 20.3. The fourth-order valence-corrected chi connectivity index (χ4v) is 3.08. The molecule has 1 aliphatic rings. The number of aliphatic hydroxyl groups is 1. The monoisotopic (exact) mass is 398 g/mol. The predicted molar refractivity (Wildman–Crippen MR) is 105 cm³/mol. The second kappa shape index (κ2) is 8.74. The molecule has 8 heteroatoms. The molecule has 1 saturated heterocycles. The molecule has 2 atom stereocenters. The van der Waals surface area contributed by atoms with Crippen LogP contribution in [0.4, 0.5) is 10.5 Å². The molecule has 2 unspecified atom stereocenters. The molecule has 0 spiro atoms. The summed E-state index contributed by atoms with van der Waals surface area (Å²) in [7, 11) is 1.30. The van der Waals surface area contributed by atoms with E-state index in [1.807, 2.05) is 6.07 Å². The molecule has 2 aromatic carbocycles. The minimum absolute atomic E-state index is 0.117. The van der Waals surface area contributed by atoms with Crippen molar-refractivity contribution >= 4 is 23.6 Å². The largest absolute Gasteiger partial charge is 0.491 e. The first-order valence-electron chi connectivity index (χ1n) is 9.11. The van der Waals surface area contributed by atoms with Gasteiger partial charge in [-0.1, -0.05) is 18.2 Å². The summed E-state index contributed by atoms with van der Waals surface area (Å²) in [6.45, 7) is 1.36. The van der Waals surface area contributed by atoms with E-state index in [0.717, 1.165) is 4.90 Å². The molecule has 3 rings (SSSR count). The standard InChI is InChI=1S/C21H22N2O6/c1-14-19(25)22(21(27)23(14)16-6-4-3-5-7-16)12-17(24)13-29-18-10-8-15(9-11-18)20(26)28-2/h3-11,14,17,24H,12-13H2,1-2H3. The predicted octanol–water partition coefficient (Wildman–Crippen LogP) is 2.07. The average Bonchev–Trinajstić information content (AvgIpc) is 2.95. The van der Waals surface area contributed by atoms with Crippen LogP contribution < -0.4 is 9.64 Å². The Kier molecular flexibility index (Phi) is 6.13. The smallest absolute Gasteiger partial charge is 0.337 e. The summed E-state index contributed by atoms with van der Waals surface area (Å²) < 4.78 is 10.1. The van der Waals surface area contributed by atoms with E-state index < -0.39 is 24.1 Å². The molecule has 1 aliphatic heterocycles. The van der Waals surface area contributed by atoms with Gasteiger partial charge in [0.1, 0.15) is 24.5 Å². The summed E-state index contributed by atoms with van der Waals surface area (Å²) in [4.78, 5) is 39.1. The fraction of sp³-hybridized carbons (Fsp3) is 0.286. The Morgan fingerprint density at radius 1 is 1.10 bits per heavy atom. The number of hydrogen-bond donors (Lipinski definition) is 1. The Hall–Kier alpha value is -3.39. The summed E-state index contributed by atoms with van der Waals surface area (Å²) >= 11 is 0. The quantitative estimate of drug-likeness (QED) is 0.567. The molecular weight excluding hydrogens is 376 g/mol. The molecule has 0 aromatic heterocycles. The molecule has 2 aromatic rings. The van der Waals surface area contributed by atoms with Gasteiger partial charge < -0.3 is 14.6 Å². The van der Waals surface area contributed by atoms with Crippen LogP contribution in [0.2, 0.25) is 0 Å². The van der Waals surface area contributed by atoms with Gasteiger partial charge in [-0.3, -0.25) is 14.6 Å². The van der Waals surface area contributed by atoms with Crippen molar-refractivity contribution in [2.24, 2.45) is 0 Å². The van der Waals surface area contributed by atoms with Crippen LogP contribution in [0.1, 0.15) is 17.3 Å². The van der Waals surface area contributed by atoms with Crippen molar-refractivity contribution in [3.05, 3.63) is 60.2 Å². The fourth-order valence-electron chi connectivity index (χ4n) is 3.08. The number of rotatable bonds is 7. The molecule has 3 amide bonds. The number of para-hydroxylation sites is 1. The van der Waals surface area contributed by atoms with E-state index in [1.165, 1.54) is 12.0 Å². The number of benzene rings is 2. The molecule has 1 fully saturated rings. The van der Waals surface area contributed by atoms with Gasteiger partial charge in [-0.25, -0.2) is 9.59 Å². The highest BCUT2D eigenvalue weighted by molar-refractivity contribution is 6.14. The van der Waals surface area contributed by atoms with Crippen molar-refractivity contribution in [3.8, 4) is 5.75 Å². The zero-order valence-electron chi connectivity index (χ0n) is 16.1. The molecular formula is C21H22N2O6. The molecule has 8 nitrogen and oxygen atoms in total. The Balaban J connectivity index is 1.59. The van der Waals surface area contributed by atoms with Crippen LogP contribution in [0.15, 0.2) is 54.6 Å². The maximum Gasteiger partial charge on any atom is 0.337 e. The maximum atomic E-state index is 12.7. The second-order valence-corrected chi connectivity index (χ2v) is 6.59. The van der Waals surface area contributed by atoms with Crippen LogP contribution in [0.3, 0.4) is 0 Å². The molecule has 0 radical (unpaired) electrons. The highest BCUT2D eigenvalue weighted by Crippen LogP contribution is 2.25. The number of carbonyl (C=O) groups excluding carboxylic acids is 3. The van der Waals surface area contributed by atoms with Crippen molar-refractivity contribution in [2.45, 2.75) is 19.1 Å². The summed E-state index contributed by atoms with van der Waals surface area (Å²) in [6.07, 6.45) is -1.06. The SMILES string of the molecule is COC(=O)c1ccc(OCC(O)CN2C(=O)C(C)N(c3ccccc3)C2=O)cc1. The molecule has 0 aliphatic carbocycles. The molecule has 0 saturated carbocycles. The number of imide groups is 1. The van der Waals surface area contributed by atoms with Crippen LogP contribution in [0, 0.1) is 0 Å². The van der Waals surface area contributed by atoms with Gasteiger partial charge in [-0.15, -0.1) is 0 Å². The summed E-state index contributed by atoms with van der Waals surface area (Å²) in [5.41, 5.74) is 1.00. The first-order chi connectivity index (χ1) is 13.9. The Bertz CT molecular complexity index is 884. The third-order valence-electron chi connectivity index (χ3n) is 4.59. The van der Waals surface area contributed by atoms with Crippen molar-refractivity contribution < 1.29 is 29.0 Å². The zero-order valence-corrected chi connectivity index (χ0v) is 16.1. The van der Waals surface area contributed by atoms with Gasteiger partial charge in [0.15, 0.2) is 0 Å². The van der Waals surface area contributed by atoms with E-state index in [9.17, 15) is 19.5 Å². The van der Waals surface area contributed by atoms with Gasteiger partial charge in [0, 0.05) is 5.69 Å². The lowest BCUT2D eigenvalue weighted by atomic mass is 10.2. The normalized spacial score (nSPS) is 17.4. The number of urea groups is 1. The average molecular weight is 398 g/mol. The lowest BCUT2D eigenvalue weighted by Gasteiger charge is -2.20. The van der Waals surface area contributed by atoms with Gasteiger partial charge in [0.25, 0.3) is 5.91 Å². The van der Waals surface area contributed by atoms with Crippen LogP contribution in [-0.2, 0) is 9.53 Å². The van der Waals surface area contributed by atoms with E-state index in [2.05, 4.69) is 4.74 Å². The maximum absolute atomic E-state index is 12.7. The number of nitrogens with zero attached hydrogens (tertiary/aromatic N) is 2. The highest BCUT2D eigenvalue weighted by Gasteiger charge is 2.43. The van der Waals surface area contributed by atoms with E-state index in [-0.39, 0.29) is 19.1 Å². The number of methoxy groups -OCH3 is 1. The number of esters is 1. The molecule has 0 bridgehead atoms. The van der Waals surface area contributed by atoms with Gasteiger partial charge in [0.05, 0.1) is 19.2 Å². The Morgan fingerprint density at radius 3 is 2.38 bits per heavy atom. The number of anilines is 1. The Labute approximate surface area is 168 Å². The number of amides is 3. The molecule has 29 heavy (non-hydrogen) atoms. The lowest BCUT2D eigenvalue weighted by Crippen LogP contribution is -2.40. The van der Waals surface area contributed by atoms with E-state index in [0.29, 0.717) is 17.0 Å². The van der Waals surface area contributed by atoms with Crippen molar-refractivity contribution in [1.82, 2.24) is 4.90 Å². The molecule has 152 valence electrons. The van der Waals surface area contributed by atoms with Crippen molar-refractivity contribution in [2.75, 3.05) is 25.2 Å². The van der Waals surface area contributed by atoms with Gasteiger partial charge in [-0.05, 0) is 43.3 Å². The van der Waals surface area contributed by atoms with Gasteiger partial charge in [-0.2, -0.15) is 0 Å². The molecule has 1 N–H and O–H groups in total. The van der Waals surface area contributed by atoms with E-state index in [1.54, 1.807) is 55.5 Å². The highest BCUT2D eigenvalue weighted by atomic mass is 16.5. The number of hydrogen-bond acceptors (Lipinski definition) is 6. The van der Waals surface area contributed by atoms with E-state index >= 15 is 0 Å². The Morgan fingerprint density at radius 2 is 1.76 bits per heavy atom. The molecule has 1 heterocycles. The summed E-state index contributed by atoms with van der Waals surface area (Å²) in [5, 5.41) is 10.3. The second-order valence-electron chi connectivity index (χ2n) is 6.59. The lowest BCUT2D eigenvalue weighted by molar-refractivity contribution is -0.128. The van der Waals surface area contributed by atoms with Crippen molar-refractivity contribution in [3.63, 3.8) is 0 Å². The van der Waals surface area contributed by atoms with E-state index in [4.69, 9.17) is 4.74 Å². The third kappa shape index (κ3) is 4.38. The number of aliphatic hydroxyl groups excluding tert-OH is 1. The minimum atomic E-state index is -1.06. The number of ether oxygens (including phenoxy) is 2. The summed E-state index contributed by atoms with van der Waals surface area (Å²) in [6, 6.07) is 14.0. The van der Waals surface area contributed by atoms with Crippen LogP contribution in [0.25, 0.3) is 0 Å². The van der Waals surface area contributed by atoms with Crippen LogP contribution in [-0.4, -0.2) is 60.3 Å². The number of β-amino-alcohol motifs (C(OH)–C–C–N with tert-alkyl or cyclic N) is 1. The summed E-state index contributed by atoms with van der Waals surface area (Å²) in [5.74, 6) is -0.393.